The van der Waals surface area contributed by atoms with Gasteiger partial charge in [0.05, 0.1) is 5.69 Å². The Morgan fingerprint density at radius 3 is 3.17 bits per heavy atom. The molecule has 0 radical (unpaired) electrons. The lowest BCUT2D eigenvalue weighted by atomic mass is 10.2. The van der Waals surface area contributed by atoms with Crippen LogP contribution in [0, 0.1) is 0 Å². The van der Waals surface area contributed by atoms with Crippen LogP contribution in [0.5, 0.6) is 0 Å². The highest BCUT2D eigenvalue weighted by atomic mass is 32.1. The Kier molecular flexibility index (Phi) is 4.54. The first-order valence-electron chi connectivity index (χ1n) is 6.41. The molecule has 18 heavy (non-hydrogen) atoms. The van der Waals surface area contributed by atoms with Gasteiger partial charge in [0, 0.05) is 30.9 Å². The van der Waals surface area contributed by atoms with Crippen LogP contribution in [0.4, 0.5) is 9.93 Å². The van der Waals surface area contributed by atoms with Gasteiger partial charge in [-0.1, -0.05) is 13.3 Å². The third-order valence-corrected chi connectivity index (χ3v) is 3.96. The third-order valence-electron chi connectivity index (χ3n) is 2.96. The minimum Gasteiger partial charge on any atom is -0.338 e. The molecule has 1 aromatic rings. The highest BCUT2D eigenvalue weighted by Gasteiger charge is 2.18. The van der Waals surface area contributed by atoms with Crippen LogP contribution in [-0.2, 0) is 13.0 Å². The lowest BCUT2D eigenvalue weighted by molar-refractivity contribution is 0.252. The van der Waals surface area contributed by atoms with Gasteiger partial charge in [-0.3, -0.25) is 5.32 Å². The van der Waals surface area contributed by atoms with E-state index in [-0.39, 0.29) is 6.03 Å². The van der Waals surface area contributed by atoms with E-state index >= 15 is 0 Å². The van der Waals surface area contributed by atoms with Crippen molar-refractivity contribution in [3.63, 3.8) is 0 Å². The fourth-order valence-corrected chi connectivity index (χ4v) is 2.98. The van der Waals surface area contributed by atoms with E-state index in [2.05, 4.69) is 34.5 Å². The maximum absolute atomic E-state index is 11.6. The summed E-state index contributed by atoms with van der Waals surface area (Å²) in [5.74, 6) is 0. The van der Waals surface area contributed by atoms with Crippen LogP contribution in [0.2, 0.25) is 0 Å². The van der Waals surface area contributed by atoms with Gasteiger partial charge in [0.25, 0.3) is 0 Å². The predicted octanol–water partition coefficient (Wildman–Crippen LogP) is 2.05. The Morgan fingerprint density at radius 2 is 2.39 bits per heavy atom. The second-order valence-electron chi connectivity index (χ2n) is 4.61. The minimum atomic E-state index is -0.150. The molecule has 6 heteroatoms. The molecule has 2 rings (SSSR count). The Labute approximate surface area is 112 Å². The molecule has 0 saturated carbocycles. The van der Waals surface area contributed by atoms with Crippen LogP contribution in [0.3, 0.4) is 0 Å². The number of likely N-dealkylation sites (N-methyl/N-ethyl adjacent to an activating group) is 1. The van der Waals surface area contributed by atoms with Gasteiger partial charge < -0.3 is 10.2 Å². The molecule has 0 saturated heterocycles. The highest BCUT2D eigenvalue weighted by Crippen LogP contribution is 2.27. The molecule has 100 valence electrons. The summed E-state index contributed by atoms with van der Waals surface area (Å²) in [7, 11) is 2.10. The molecule has 0 aliphatic carbocycles. The van der Waals surface area contributed by atoms with E-state index in [0.717, 1.165) is 44.6 Å². The van der Waals surface area contributed by atoms with Crippen molar-refractivity contribution in [3.05, 3.63) is 10.6 Å². The number of thiazole rings is 1. The zero-order valence-electron chi connectivity index (χ0n) is 11.0. The van der Waals surface area contributed by atoms with Crippen LogP contribution in [0.15, 0.2) is 0 Å². The first-order chi connectivity index (χ1) is 8.69. The van der Waals surface area contributed by atoms with Crippen LogP contribution < -0.4 is 10.6 Å². The Hall–Kier alpha value is -1.14. The Bertz CT molecular complexity index is 418. The molecule has 0 unspecified atom stereocenters. The lowest BCUT2D eigenvalue weighted by Crippen LogP contribution is -2.29. The maximum atomic E-state index is 11.6. The number of anilines is 1. The van der Waals surface area contributed by atoms with Crippen molar-refractivity contribution in [2.24, 2.45) is 0 Å². The van der Waals surface area contributed by atoms with Crippen molar-refractivity contribution >= 4 is 22.5 Å². The molecule has 5 nitrogen and oxygen atoms in total. The number of nitrogens with zero attached hydrogens (tertiary/aromatic N) is 2. The molecule has 1 aliphatic rings. The van der Waals surface area contributed by atoms with Gasteiger partial charge in [-0.2, -0.15) is 0 Å². The summed E-state index contributed by atoms with van der Waals surface area (Å²) in [6.45, 7) is 4.80. The van der Waals surface area contributed by atoms with Gasteiger partial charge in [-0.25, -0.2) is 9.78 Å². The van der Waals surface area contributed by atoms with Gasteiger partial charge in [0.15, 0.2) is 5.13 Å². The molecular formula is C12H20N4OS. The number of nitrogens with one attached hydrogen (secondary N) is 2. The number of fused-ring (bicyclic) bond motifs is 1. The summed E-state index contributed by atoms with van der Waals surface area (Å²) >= 11 is 1.58. The zero-order valence-corrected chi connectivity index (χ0v) is 11.8. The van der Waals surface area contributed by atoms with Gasteiger partial charge in [-0.15, -0.1) is 11.3 Å². The standard InChI is InChI=1S/C12H20N4OS/c1-3-4-6-13-11(17)15-12-14-9-5-7-16(2)8-10(9)18-12/h3-8H2,1-2H3,(H2,13,14,15,17). The van der Waals surface area contributed by atoms with Gasteiger partial charge in [0.1, 0.15) is 0 Å². The van der Waals surface area contributed by atoms with Crippen LogP contribution in [0.25, 0.3) is 0 Å². The van der Waals surface area contributed by atoms with Crippen molar-refractivity contribution in [1.82, 2.24) is 15.2 Å². The molecule has 2 amide bonds. The molecule has 0 spiro atoms. The number of urea groups is 1. The summed E-state index contributed by atoms with van der Waals surface area (Å²) in [5, 5.41) is 6.35. The average molecular weight is 268 g/mol. The van der Waals surface area contributed by atoms with Gasteiger partial charge in [-0.05, 0) is 13.5 Å². The monoisotopic (exact) mass is 268 g/mol. The summed E-state index contributed by atoms with van der Waals surface area (Å²) in [5.41, 5.74) is 1.14. The molecule has 0 fully saturated rings. The Balaban J connectivity index is 1.88. The van der Waals surface area contributed by atoms with Crippen molar-refractivity contribution in [2.75, 3.05) is 25.5 Å². The smallest absolute Gasteiger partial charge is 0.321 e. The summed E-state index contributed by atoms with van der Waals surface area (Å²) < 4.78 is 0. The second-order valence-corrected chi connectivity index (χ2v) is 5.69. The number of carbonyl (C=O) groups excluding carboxylic acids is 1. The number of aromatic nitrogens is 1. The largest absolute Gasteiger partial charge is 0.338 e. The van der Waals surface area contributed by atoms with Crippen molar-refractivity contribution in [2.45, 2.75) is 32.7 Å². The van der Waals surface area contributed by atoms with E-state index in [1.54, 1.807) is 11.3 Å². The molecule has 0 bridgehead atoms. The van der Waals surface area contributed by atoms with Gasteiger partial charge >= 0.3 is 6.03 Å². The normalized spacial score (nSPS) is 15.2. The first kappa shape index (κ1) is 13.3. The summed E-state index contributed by atoms with van der Waals surface area (Å²) in [4.78, 5) is 19.6. The maximum Gasteiger partial charge on any atom is 0.321 e. The van der Waals surface area contributed by atoms with Gasteiger partial charge in [0.2, 0.25) is 0 Å². The Morgan fingerprint density at radius 1 is 1.56 bits per heavy atom. The van der Waals surface area contributed by atoms with E-state index < -0.39 is 0 Å². The molecule has 2 N–H and O–H groups in total. The van der Waals surface area contributed by atoms with E-state index in [1.807, 2.05) is 0 Å². The third kappa shape index (κ3) is 3.43. The number of hydrogen-bond acceptors (Lipinski definition) is 4. The van der Waals surface area contributed by atoms with Crippen LogP contribution >= 0.6 is 11.3 Å². The number of carbonyl (C=O) groups is 1. The van der Waals surface area contributed by atoms with Crippen molar-refractivity contribution in [1.29, 1.82) is 0 Å². The second kappa shape index (κ2) is 6.15. The van der Waals surface area contributed by atoms with E-state index in [9.17, 15) is 4.79 Å². The number of rotatable bonds is 4. The fraction of sp³-hybridized carbons (Fsp3) is 0.667. The fourth-order valence-electron chi connectivity index (χ4n) is 1.90. The number of unbranched alkanes of at least 4 members (excludes halogenated alkanes) is 1. The summed E-state index contributed by atoms with van der Waals surface area (Å²) in [6.07, 6.45) is 3.06. The zero-order chi connectivity index (χ0) is 13.0. The first-order valence-corrected chi connectivity index (χ1v) is 7.22. The summed E-state index contributed by atoms with van der Waals surface area (Å²) in [6, 6.07) is -0.150. The molecule has 0 atom stereocenters. The molecule has 1 aliphatic heterocycles. The van der Waals surface area contributed by atoms with E-state index in [4.69, 9.17) is 0 Å². The molecular weight excluding hydrogens is 248 g/mol. The van der Waals surface area contributed by atoms with Crippen LogP contribution in [-0.4, -0.2) is 36.1 Å². The molecule has 0 aromatic carbocycles. The lowest BCUT2D eigenvalue weighted by Gasteiger charge is -2.20. The van der Waals surface area contributed by atoms with Crippen molar-refractivity contribution in [3.8, 4) is 0 Å². The highest BCUT2D eigenvalue weighted by molar-refractivity contribution is 7.15. The topological polar surface area (TPSA) is 57.3 Å². The minimum absolute atomic E-state index is 0.150. The number of amides is 2. The number of hydrogen-bond donors (Lipinski definition) is 2. The molecule has 1 aromatic heterocycles. The predicted molar refractivity (Wildman–Crippen MR) is 74.1 cm³/mol. The van der Waals surface area contributed by atoms with Crippen molar-refractivity contribution < 1.29 is 4.79 Å². The van der Waals surface area contributed by atoms with E-state index in [1.165, 1.54) is 4.88 Å². The van der Waals surface area contributed by atoms with Crippen LogP contribution in [0.1, 0.15) is 30.3 Å². The average Bonchev–Trinajstić information content (AvgIpc) is 2.70. The molecule has 2 heterocycles. The SMILES string of the molecule is CCCCNC(=O)Nc1nc2c(s1)CN(C)CC2. The quantitative estimate of drug-likeness (QED) is 0.822. The van der Waals surface area contributed by atoms with E-state index in [0.29, 0.717) is 5.13 Å².